The molecule has 0 aromatic carbocycles. The molecule has 2 amide bonds. The fourth-order valence-electron chi connectivity index (χ4n) is 1.07. The van der Waals surface area contributed by atoms with Gasteiger partial charge in [-0.25, -0.2) is 10.0 Å². The SMILES string of the molecule is C=C(C)N1C(=O)CC(=O)N1C. The van der Waals surface area contributed by atoms with Crippen LogP contribution in [0, 0.1) is 0 Å². The molecule has 0 atom stereocenters. The minimum absolute atomic E-state index is 0.0383. The maximum atomic E-state index is 11.0. The maximum absolute atomic E-state index is 11.0. The first-order valence-electron chi connectivity index (χ1n) is 3.29. The highest BCUT2D eigenvalue weighted by Gasteiger charge is 2.33. The van der Waals surface area contributed by atoms with E-state index in [1.54, 1.807) is 14.0 Å². The van der Waals surface area contributed by atoms with Crippen LogP contribution in [0.5, 0.6) is 0 Å². The van der Waals surface area contributed by atoms with E-state index in [0.29, 0.717) is 5.70 Å². The van der Waals surface area contributed by atoms with Crippen LogP contribution < -0.4 is 0 Å². The molecule has 4 nitrogen and oxygen atoms in total. The van der Waals surface area contributed by atoms with Crippen LogP contribution in [0.1, 0.15) is 13.3 Å². The lowest BCUT2D eigenvalue weighted by atomic mass is 10.4. The zero-order valence-electron chi connectivity index (χ0n) is 6.63. The van der Waals surface area contributed by atoms with Crippen LogP contribution in [0.15, 0.2) is 12.3 Å². The Morgan fingerprint density at radius 1 is 1.45 bits per heavy atom. The molecule has 1 heterocycles. The highest BCUT2D eigenvalue weighted by molar-refractivity contribution is 6.02. The van der Waals surface area contributed by atoms with Gasteiger partial charge in [0.15, 0.2) is 0 Å². The highest BCUT2D eigenvalue weighted by Crippen LogP contribution is 2.15. The Morgan fingerprint density at radius 2 is 2.00 bits per heavy atom. The van der Waals surface area contributed by atoms with Gasteiger partial charge in [0.05, 0.1) is 0 Å². The smallest absolute Gasteiger partial charge is 0.255 e. The average Bonchev–Trinajstić information content (AvgIpc) is 2.07. The minimum atomic E-state index is -0.204. The third kappa shape index (κ3) is 1.11. The molecular weight excluding hydrogens is 144 g/mol. The topological polar surface area (TPSA) is 40.6 Å². The van der Waals surface area contributed by atoms with Crippen LogP contribution in [-0.2, 0) is 9.59 Å². The number of allylic oxidation sites excluding steroid dienone is 1. The van der Waals surface area contributed by atoms with Gasteiger partial charge in [0.2, 0.25) is 0 Å². The molecule has 1 saturated heterocycles. The zero-order valence-corrected chi connectivity index (χ0v) is 6.63. The van der Waals surface area contributed by atoms with E-state index in [0.717, 1.165) is 0 Å². The molecule has 0 aromatic rings. The summed E-state index contributed by atoms with van der Waals surface area (Å²) in [6.45, 7) is 5.27. The Morgan fingerprint density at radius 3 is 2.18 bits per heavy atom. The first-order valence-corrected chi connectivity index (χ1v) is 3.29. The van der Waals surface area contributed by atoms with E-state index in [4.69, 9.17) is 0 Å². The summed E-state index contributed by atoms with van der Waals surface area (Å²) in [5.74, 6) is -0.386. The van der Waals surface area contributed by atoms with Crippen molar-refractivity contribution < 1.29 is 9.59 Å². The summed E-state index contributed by atoms with van der Waals surface area (Å²) in [5.41, 5.74) is 0.573. The van der Waals surface area contributed by atoms with Crippen LogP contribution in [0.2, 0.25) is 0 Å². The third-order valence-electron chi connectivity index (χ3n) is 1.56. The van der Waals surface area contributed by atoms with Crippen molar-refractivity contribution in [2.75, 3.05) is 7.05 Å². The van der Waals surface area contributed by atoms with Gasteiger partial charge in [0.1, 0.15) is 6.42 Å². The number of amides is 2. The van der Waals surface area contributed by atoms with Crippen LogP contribution in [-0.4, -0.2) is 28.9 Å². The molecule has 0 spiro atoms. The summed E-state index contributed by atoms with van der Waals surface area (Å²) in [6, 6.07) is 0. The lowest BCUT2D eigenvalue weighted by Crippen LogP contribution is -2.35. The molecule has 1 fully saturated rings. The largest absolute Gasteiger partial charge is 0.272 e. The first-order chi connectivity index (χ1) is 5.04. The van der Waals surface area contributed by atoms with Crippen molar-refractivity contribution >= 4 is 11.8 Å². The van der Waals surface area contributed by atoms with Gasteiger partial charge in [-0.3, -0.25) is 9.59 Å². The van der Waals surface area contributed by atoms with E-state index in [1.807, 2.05) is 0 Å². The minimum Gasteiger partial charge on any atom is -0.272 e. The molecule has 1 rings (SSSR count). The van der Waals surface area contributed by atoms with Gasteiger partial charge in [-0.05, 0) is 6.92 Å². The number of carbonyl (C=O) groups is 2. The number of carbonyl (C=O) groups excluding carboxylic acids is 2. The molecule has 0 radical (unpaired) electrons. The Bertz CT molecular complexity index is 235. The van der Waals surface area contributed by atoms with Gasteiger partial charge in [-0.2, -0.15) is 0 Å². The van der Waals surface area contributed by atoms with Crippen LogP contribution in [0.3, 0.4) is 0 Å². The summed E-state index contributed by atoms with van der Waals surface area (Å²) in [7, 11) is 1.56. The maximum Gasteiger partial charge on any atom is 0.255 e. The summed E-state index contributed by atoms with van der Waals surface area (Å²) in [6.07, 6.45) is -0.0383. The number of nitrogens with zero attached hydrogens (tertiary/aromatic N) is 2. The molecule has 11 heavy (non-hydrogen) atoms. The zero-order chi connectivity index (χ0) is 8.59. The summed E-state index contributed by atoms with van der Waals surface area (Å²) >= 11 is 0. The lowest BCUT2D eigenvalue weighted by molar-refractivity contribution is -0.139. The second-order valence-electron chi connectivity index (χ2n) is 2.53. The molecular formula is C7H10N2O2. The Labute approximate surface area is 65.0 Å². The van der Waals surface area contributed by atoms with E-state index >= 15 is 0 Å². The molecule has 0 saturated carbocycles. The van der Waals surface area contributed by atoms with Gasteiger partial charge in [0, 0.05) is 12.7 Å². The van der Waals surface area contributed by atoms with E-state index < -0.39 is 0 Å². The molecule has 0 unspecified atom stereocenters. The normalized spacial score (nSPS) is 18.0. The van der Waals surface area contributed by atoms with Crippen LogP contribution in [0.25, 0.3) is 0 Å². The predicted molar refractivity (Wildman–Crippen MR) is 39.0 cm³/mol. The molecule has 4 heteroatoms. The Hall–Kier alpha value is -1.32. The van der Waals surface area contributed by atoms with Gasteiger partial charge in [-0.1, -0.05) is 6.58 Å². The van der Waals surface area contributed by atoms with Crippen LogP contribution in [0.4, 0.5) is 0 Å². The van der Waals surface area contributed by atoms with Crippen molar-refractivity contribution in [3.8, 4) is 0 Å². The fourth-order valence-corrected chi connectivity index (χ4v) is 1.07. The molecule has 60 valence electrons. The average molecular weight is 154 g/mol. The molecule has 0 bridgehead atoms. The summed E-state index contributed by atoms with van der Waals surface area (Å²) in [5, 5.41) is 2.56. The summed E-state index contributed by atoms with van der Waals surface area (Å²) in [4.78, 5) is 22.0. The van der Waals surface area contributed by atoms with Gasteiger partial charge < -0.3 is 0 Å². The third-order valence-corrected chi connectivity index (χ3v) is 1.56. The van der Waals surface area contributed by atoms with E-state index in [-0.39, 0.29) is 18.2 Å². The predicted octanol–water partition coefficient (Wildman–Crippen LogP) is 0.126. The molecule has 1 aliphatic heterocycles. The van der Waals surface area contributed by atoms with E-state index in [1.165, 1.54) is 10.0 Å². The number of hydrazine groups is 1. The quantitative estimate of drug-likeness (QED) is 0.503. The molecule has 0 aliphatic carbocycles. The molecule has 1 aliphatic rings. The van der Waals surface area contributed by atoms with Crippen molar-refractivity contribution in [1.82, 2.24) is 10.0 Å². The monoisotopic (exact) mass is 154 g/mol. The van der Waals surface area contributed by atoms with E-state index in [9.17, 15) is 9.59 Å². The van der Waals surface area contributed by atoms with Crippen molar-refractivity contribution in [3.05, 3.63) is 12.3 Å². The van der Waals surface area contributed by atoms with Crippen LogP contribution >= 0.6 is 0 Å². The van der Waals surface area contributed by atoms with Gasteiger partial charge in [0.25, 0.3) is 11.8 Å². The lowest BCUT2D eigenvalue weighted by Gasteiger charge is -2.23. The second kappa shape index (κ2) is 2.38. The Kier molecular flexibility index (Phi) is 1.68. The second-order valence-corrected chi connectivity index (χ2v) is 2.53. The van der Waals surface area contributed by atoms with Crippen molar-refractivity contribution in [3.63, 3.8) is 0 Å². The van der Waals surface area contributed by atoms with Gasteiger partial charge in [-0.15, -0.1) is 0 Å². The molecule has 0 N–H and O–H groups in total. The highest BCUT2D eigenvalue weighted by atomic mass is 16.2. The first kappa shape index (κ1) is 7.78. The number of rotatable bonds is 1. The van der Waals surface area contributed by atoms with Crippen molar-refractivity contribution in [1.29, 1.82) is 0 Å². The summed E-state index contributed by atoms with van der Waals surface area (Å²) < 4.78 is 0. The Balaban J connectivity index is 2.88. The van der Waals surface area contributed by atoms with Crippen molar-refractivity contribution in [2.24, 2.45) is 0 Å². The number of hydrogen-bond donors (Lipinski definition) is 0. The standard InChI is InChI=1S/C7H10N2O2/c1-5(2)9-7(11)4-6(10)8(9)3/h1,4H2,2-3H3. The van der Waals surface area contributed by atoms with Crippen molar-refractivity contribution in [2.45, 2.75) is 13.3 Å². The fraction of sp³-hybridized carbons (Fsp3) is 0.429. The van der Waals surface area contributed by atoms with Gasteiger partial charge >= 0.3 is 0 Å². The number of hydrogen-bond acceptors (Lipinski definition) is 2. The molecule has 0 aromatic heterocycles. The van der Waals surface area contributed by atoms with E-state index in [2.05, 4.69) is 6.58 Å².